The van der Waals surface area contributed by atoms with E-state index in [-0.39, 0.29) is 11.5 Å². The number of aromatic hydroxyl groups is 1. The van der Waals surface area contributed by atoms with Crippen molar-refractivity contribution in [2.75, 3.05) is 0 Å². The Morgan fingerprint density at radius 1 is 1.42 bits per heavy atom. The normalized spacial score (nSPS) is 14.6. The summed E-state index contributed by atoms with van der Waals surface area (Å²) in [6.07, 6.45) is 8.00. The Balaban J connectivity index is 2.21. The van der Waals surface area contributed by atoms with Crippen LogP contribution in [0.25, 0.3) is 6.08 Å². The lowest BCUT2D eigenvalue weighted by Gasteiger charge is -2.04. The van der Waals surface area contributed by atoms with Gasteiger partial charge in [-0.05, 0) is 51.9 Å². The highest BCUT2D eigenvalue weighted by atomic mass is 79.9. The zero-order valence-corrected chi connectivity index (χ0v) is 11.5. The summed E-state index contributed by atoms with van der Waals surface area (Å²) in [6, 6.07) is 6.66. The van der Waals surface area contributed by atoms with E-state index in [0.29, 0.717) is 10.2 Å². The summed E-state index contributed by atoms with van der Waals surface area (Å²) in [4.78, 5) is 16.0. The number of phenols is 1. The smallest absolute Gasteiger partial charge is 0.216 e. The molecule has 2 rings (SSSR count). The first-order valence-corrected chi connectivity index (χ1v) is 6.32. The fourth-order valence-corrected chi connectivity index (χ4v) is 1.96. The lowest BCUT2D eigenvalue weighted by molar-refractivity contribution is -0.111. The van der Waals surface area contributed by atoms with E-state index in [1.54, 1.807) is 48.7 Å². The third-order valence-electron chi connectivity index (χ3n) is 2.35. The highest BCUT2D eigenvalue weighted by Crippen LogP contribution is 2.19. The van der Waals surface area contributed by atoms with Crippen LogP contribution in [-0.4, -0.2) is 17.2 Å². The van der Waals surface area contributed by atoms with Gasteiger partial charge in [-0.15, -0.1) is 0 Å². The van der Waals surface area contributed by atoms with Crippen LogP contribution in [0.1, 0.15) is 5.56 Å². The molecule has 1 heterocycles. The summed E-state index contributed by atoms with van der Waals surface area (Å²) in [5.41, 5.74) is 1.15. The number of nitrogens with zero attached hydrogens (tertiary/aromatic N) is 1. The fourth-order valence-electron chi connectivity index (χ4n) is 1.48. The first-order chi connectivity index (χ1) is 9.16. The molecule has 1 aromatic rings. The van der Waals surface area contributed by atoms with Gasteiger partial charge in [0.2, 0.25) is 5.78 Å². The van der Waals surface area contributed by atoms with Gasteiger partial charge < -0.3 is 10.4 Å². The summed E-state index contributed by atoms with van der Waals surface area (Å²) in [5, 5.41) is 12.2. The number of rotatable bonds is 3. The van der Waals surface area contributed by atoms with Crippen LogP contribution < -0.4 is 5.32 Å². The topological polar surface area (TPSA) is 61.7 Å². The van der Waals surface area contributed by atoms with Crippen molar-refractivity contribution in [2.45, 2.75) is 0 Å². The van der Waals surface area contributed by atoms with Gasteiger partial charge in [0.1, 0.15) is 5.75 Å². The van der Waals surface area contributed by atoms with Gasteiger partial charge in [0, 0.05) is 6.20 Å². The number of Topliss-reactive ketones (excluding diaryl/α,β-unsaturated/α-hetero) is 1. The largest absolute Gasteiger partial charge is 0.508 e. The molecule has 0 unspecified atom stereocenters. The molecule has 0 fully saturated rings. The van der Waals surface area contributed by atoms with Gasteiger partial charge in [0.05, 0.1) is 16.5 Å². The number of carbonyl (C=O) groups is 1. The lowest BCUT2D eigenvalue weighted by atomic mass is 10.1. The zero-order valence-electron chi connectivity index (χ0n) is 9.88. The zero-order chi connectivity index (χ0) is 13.7. The van der Waals surface area contributed by atoms with E-state index < -0.39 is 0 Å². The molecule has 0 saturated carbocycles. The minimum Gasteiger partial charge on any atom is -0.508 e. The van der Waals surface area contributed by atoms with Gasteiger partial charge >= 0.3 is 0 Å². The van der Waals surface area contributed by atoms with Gasteiger partial charge in [-0.25, -0.2) is 4.99 Å². The number of halogens is 1. The number of benzene rings is 1. The molecule has 0 aliphatic carbocycles. The van der Waals surface area contributed by atoms with Crippen LogP contribution in [-0.2, 0) is 4.79 Å². The average molecular weight is 319 g/mol. The highest BCUT2D eigenvalue weighted by molar-refractivity contribution is 9.12. The molecule has 4 nitrogen and oxygen atoms in total. The summed E-state index contributed by atoms with van der Waals surface area (Å²) in [5.74, 6) is -0.0373. The molecule has 0 bridgehead atoms. The Kier molecular flexibility index (Phi) is 4.30. The molecule has 0 atom stereocenters. The highest BCUT2D eigenvalue weighted by Gasteiger charge is 2.12. The van der Waals surface area contributed by atoms with E-state index in [4.69, 9.17) is 0 Å². The maximum atomic E-state index is 12.1. The number of nitrogens with one attached hydrogen (secondary N) is 1. The van der Waals surface area contributed by atoms with Crippen LogP contribution in [0.2, 0.25) is 0 Å². The number of hydrogen-bond acceptors (Lipinski definition) is 4. The van der Waals surface area contributed by atoms with Gasteiger partial charge in [0.25, 0.3) is 0 Å². The van der Waals surface area contributed by atoms with E-state index in [1.165, 1.54) is 6.34 Å². The van der Waals surface area contributed by atoms with Crippen molar-refractivity contribution in [2.24, 2.45) is 4.99 Å². The van der Waals surface area contributed by atoms with Gasteiger partial charge in [-0.2, -0.15) is 0 Å². The van der Waals surface area contributed by atoms with E-state index in [2.05, 4.69) is 26.2 Å². The molecule has 1 aliphatic heterocycles. The number of ketones is 1. The molecule has 5 heteroatoms. The Morgan fingerprint density at radius 2 is 2.26 bits per heavy atom. The van der Waals surface area contributed by atoms with Crippen molar-refractivity contribution in [3.63, 3.8) is 0 Å². The second kappa shape index (κ2) is 6.15. The molecule has 1 aliphatic rings. The molecule has 0 spiro atoms. The summed E-state index contributed by atoms with van der Waals surface area (Å²) < 4.78 is 0.389. The van der Waals surface area contributed by atoms with Gasteiger partial charge in [-0.3, -0.25) is 4.79 Å². The third kappa shape index (κ3) is 3.66. The predicted octanol–water partition coefficient (Wildman–Crippen LogP) is 2.73. The van der Waals surface area contributed by atoms with Gasteiger partial charge in [-0.1, -0.05) is 12.1 Å². The van der Waals surface area contributed by atoms with Crippen LogP contribution in [0, 0.1) is 0 Å². The van der Waals surface area contributed by atoms with Crippen LogP contribution in [0.5, 0.6) is 5.75 Å². The van der Waals surface area contributed by atoms with Crippen molar-refractivity contribution < 1.29 is 9.90 Å². The Bertz CT molecular complexity index is 616. The van der Waals surface area contributed by atoms with Crippen molar-refractivity contribution in [1.29, 1.82) is 0 Å². The predicted molar refractivity (Wildman–Crippen MR) is 78.9 cm³/mol. The molecule has 2 N–H and O–H groups in total. The standard InChI is InChI=1S/C14H11BrN2O2/c15-12(8-10-3-1-4-11(18)7-10)14(19)13-5-2-6-16-9-17-13/h1-9,18H,(H,16,17)/b12-8-. The SMILES string of the molecule is O=C(C1=CC=CN=CN1)/C(Br)=C/c1cccc(O)c1. The second-order valence-electron chi connectivity index (χ2n) is 3.76. The van der Waals surface area contributed by atoms with E-state index in [1.807, 2.05) is 0 Å². The molecule has 19 heavy (non-hydrogen) atoms. The number of allylic oxidation sites excluding steroid dienone is 3. The molecule has 0 saturated heterocycles. The summed E-state index contributed by atoms with van der Waals surface area (Å²) >= 11 is 3.25. The quantitative estimate of drug-likeness (QED) is 0.842. The Labute approximate surface area is 119 Å². The van der Waals surface area contributed by atoms with Crippen molar-refractivity contribution in [1.82, 2.24) is 5.32 Å². The third-order valence-corrected chi connectivity index (χ3v) is 2.94. The minimum atomic E-state index is -0.193. The van der Waals surface area contributed by atoms with Crippen molar-refractivity contribution >= 4 is 34.1 Å². The minimum absolute atomic E-state index is 0.156. The first-order valence-electron chi connectivity index (χ1n) is 5.53. The molecule has 0 aromatic heterocycles. The van der Waals surface area contributed by atoms with Crippen LogP contribution in [0.3, 0.4) is 0 Å². The van der Waals surface area contributed by atoms with E-state index in [0.717, 1.165) is 5.56 Å². The molecule has 96 valence electrons. The number of phenolic OH excluding ortho intramolecular Hbond substituents is 1. The molecular weight excluding hydrogens is 308 g/mol. The Hall–Kier alpha value is -2.14. The summed E-state index contributed by atoms with van der Waals surface area (Å²) in [6.45, 7) is 0. The lowest BCUT2D eigenvalue weighted by Crippen LogP contribution is -2.18. The van der Waals surface area contributed by atoms with Crippen molar-refractivity contribution in [3.8, 4) is 5.75 Å². The molecule has 1 aromatic carbocycles. The molecule has 0 amide bonds. The molecular formula is C14H11BrN2O2. The van der Waals surface area contributed by atoms with E-state index >= 15 is 0 Å². The Morgan fingerprint density at radius 3 is 3.05 bits per heavy atom. The van der Waals surface area contributed by atoms with Crippen molar-refractivity contribution in [3.05, 3.63) is 58.4 Å². The maximum absolute atomic E-state index is 12.1. The average Bonchev–Trinajstić information content (AvgIpc) is 2.66. The first kappa shape index (κ1) is 13.3. The fraction of sp³-hybridized carbons (Fsp3) is 0. The number of hydrogen-bond donors (Lipinski definition) is 2. The van der Waals surface area contributed by atoms with Gasteiger partial charge in [0.15, 0.2) is 0 Å². The van der Waals surface area contributed by atoms with Crippen LogP contribution >= 0.6 is 15.9 Å². The number of aliphatic imine (C=N–C) groups is 1. The van der Waals surface area contributed by atoms with E-state index in [9.17, 15) is 9.90 Å². The molecule has 0 radical (unpaired) electrons. The number of carbonyl (C=O) groups excluding carboxylic acids is 1. The monoisotopic (exact) mass is 318 g/mol. The van der Waals surface area contributed by atoms with Crippen LogP contribution in [0.15, 0.2) is 57.8 Å². The second-order valence-corrected chi connectivity index (χ2v) is 4.62. The maximum Gasteiger partial charge on any atom is 0.216 e. The van der Waals surface area contributed by atoms with Crippen LogP contribution in [0.4, 0.5) is 0 Å². The summed E-state index contributed by atoms with van der Waals surface area (Å²) in [7, 11) is 0.